The third kappa shape index (κ3) is 3.23. The molecule has 1 amide bonds. The summed E-state index contributed by atoms with van der Waals surface area (Å²) >= 11 is 6.62. The number of thiocarbonyl (C=S) groups is 1. The van der Waals surface area contributed by atoms with Crippen LogP contribution in [0.4, 0.5) is 5.82 Å². The quantitative estimate of drug-likeness (QED) is 0.571. The number of anilines is 1. The lowest BCUT2D eigenvalue weighted by Crippen LogP contribution is -2.34. The van der Waals surface area contributed by atoms with Gasteiger partial charge in [-0.3, -0.25) is 9.69 Å². The molecule has 3 heterocycles. The van der Waals surface area contributed by atoms with E-state index in [0.29, 0.717) is 9.23 Å². The smallest absolute Gasteiger partial charge is 0.265 e. The van der Waals surface area contributed by atoms with Crippen LogP contribution < -0.4 is 4.90 Å². The van der Waals surface area contributed by atoms with E-state index in [1.54, 1.807) is 7.05 Å². The number of benzene rings is 1. The van der Waals surface area contributed by atoms with E-state index in [4.69, 9.17) is 17.2 Å². The van der Waals surface area contributed by atoms with Crippen molar-refractivity contribution in [2.75, 3.05) is 25.0 Å². The summed E-state index contributed by atoms with van der Waals surface area (Å²) in [5.41, 5.74) is 1.98. The fourth-order valence-corrected chi connectivity index (χ4v) is 4.56. The monoisotopic (exact) mass is 383 g/mol. The molecule has 4 rings (SSSR count). The summed E-state index contributed by atoms with van der Waals surface area (Å²) in [4.78, 5) is 21.9. The number of para-hydroxylation sites is 1. The van der Waals surface area contributed by atoms with Crippen molar-refractivity contribution >= 4 is 57.0 Å². The molecule has 0 unspecified atom stereocenters. The number of carbonyl (C=O) groups is 1. The number of thioether (sulfide) groups is 1. The molecule has 0 saturated carbocycles. The van der Waals surface area contributed by atoms with E-state index >= 15 is 0 Å². The topological polar surface area (TPSA) is 36.4 Å². The number of aromatic nitrogens is 1. The normalized spacial score (nSPS) is 20.6. The first-order chi connectivity index (χ1) is 12.5. The summed E-state index contributed by atoms with van der Waals surface area (Å²) in [7, 11) is 1.73. The molecular weight excluding hydrogens is 362 g/mol. The number of hydrogen-bond acceptors (Lipinski definition) is 5. The fourth-order valence-electron chi connectivity index (χ4n) is 3.39. The van der Waals surface area contributed by atoms with E-state index in [1.807, 2.05) is 24.3 Å². The van der Waals surface area contributed by atoms with Gasteiger partial charge in [0.05, 0.1) is 10.4 Å². The number of hydrogen-bond donors (Lipinski definition) is 0. The van der Waals surface area contributed by atoms with Gasteiger partial charge in [-0.1, -0.05) is 49.1 Å². The Kier molecular flexibility index (Phi) is 4.71. The third-order valence-corrected chi connectivity index (χ3v) is 6.57. The standard InChI is InChI=1S/C20H21N3OS2/c1-13-7-9-23(10-8-13)18-15(11-14-5-3-4-6-16(14)21-18)12-17-19(24)22(2)20(25)26-17/h3-6,11-13H,7-10H2,1-2H3/b17-12-. The van der Waals surface area contributed by atoms with Crippen molar-refractivity contribution in [3.05, 3.63) is 40.8 Å². The second-order valence-electron chi connectivity index (χ2n) is 7.00. The number of likely N-dealkylation sites (N-methyl/N-ethyl adjacent to an activating group) is 1. The minimum atomic E-state index is -0.0358. The molecule has 0 bridgehead atoms. The highest BCUT2D eigenvalue weighted by atomic mass is 32.2. The molecule has 1 aromatic carbocycles. The summed E-state index contributed by atoms with van der Waals surface area (Å²) in [6.07, 6.45) is 4.30. The molecule has 6 heteroatoms. The molecule has 0 aliphatic carbocycles. The van der Waals surface area contributed by atoms with E-state index in [-0.39, 0.29) is 5.91 Å². The molecule has 0 spiro atoms. The van der Waals surface area contributed by atoms with Crippen molar-refractivity contribution in [3.8, 4) is 0 Å². The molecule has 0 N–H and O–H groups in total. The zero-order valence-electron chi connectivity index (χ0n) is 14.9. The zero-order chi connectivity index (χ0) is 18.3. The van der Waals surface area contributed by atoms with Crippen LogP contribution in [0.25, 0.3) is 17.0 Å². The van der Waals surface area contributed by atoms with E-state index < -0.39 is 0 Å². The summed E-state index contributed by atoms with van der Waals surface area (Å²) in [6.45, 7) is 4.31. The zero-order valence-corrected chi connectivity index (χ0v) is 16.6. The van der Waals surface area contributed by atoms with Crippen molar-refractivity contribution in [3.63, 3.8) is 0 Å². The van der Waals surface area contributed by atoms with Gasteiger partial charge in [-0.2, -0.15) is 0 Å². The lowest BCUT2D eigenvalue weighted by Gasteiger charge is -2.32. The molecule has 2 aliphatic rings. The first kappa shape index (κ1) is 17.5. The molecule has 134 valence electrons. The van der Waals surface area contributed by atoms with Gasteiger partial charge in [-0.15, -0.1) is 0 Å². The van der Waals surface area contributed by atoms with Gasteiger partial charge < -0.3 is 4.90 Å². The Morgan fingerprint density at radius 3 is 2.69 bits per heavy atom. The Labute approximate surface area is 163 Å². The largest absolute Gasteiger partial charge is 0.356 e. The molecule has 2 fully saturated rings. The van der Waals surface area contributed by atoms with Gasteiger partial charge in [0, 0.05) is 31.1 Å². The van der Waals surface area contributed by atoms with Crippen molar-refractivity contribution in [2.45, 2.75) is 19.8 Å². The van der Waals surface area contributed by atoms with Crippen LogP contribution in [0.2, 0.25) is 0 Å². The van der Waals surface area contributed by atoms with Gasteiger partial charge in [-0.05, 0) is 37.0 Å². The highest BCUT2D eigenvalue weighted by Crippen LogP contribution is 2.35. The van der Waals surface area contributed by atoms with E-state index in [1.165, 1.54) is 29.5 Å². The molecule has 2 aromatic rings. The Bertz CT molecular complexity index is 916. The molecular formula is C20H21N3OS2. The summed E-state index contributed by atoms with van der Waals surface area (Å²) in [6, 6.07) is 10.3. The number of amides is 1. The lowest BCUT2D eigenvalue weighted by atomic mass is 9.98. The number of rotatable bonds is 2. The van der Waals surface area contributed by atoms with Gasteiger partial charge in [0.2, 0.25) is 0 Å². The number of pyridine rings is 1. The Balaban J connectivity index is 1.80. The minimum Gasteiger partial charge on any atom is -0.356 e. The van der Waals surface area contributed by atoms with Crippen molar-refractivity contribution in [1.82, 2.24) is 9.88 Å². The molecule has 2 saturated heterocycles. The van der Waals surface area contributed by atoms with Crippen LogP contribution in [0.3, 0.4) is 0 Å². The van der Waals surface area contributed by atoms with Gasteiger partial charge >= 0.3 is 0 Å². The van der Waals surface area contributed by atoms with Crippen LogP contribution in [0.15, 0.2) is 35.2 Å². The molecule has 4 nitrogen and oxygen atoms in total. The highest BCUT2D eigenvalue weighted by Gasteiger charge is 2.29. The van der Waals surface area contributed by atoms with Gasteiger partial charge in [0.15, 0.2) is 0 Å². The van der Waals surface area contributed by atoms with Crippen LogP contribution in [-0.4, -0.2) is 40.2 Å². The predicted octanol–water partition coefficient (Wildman–Crippen LogP) is 4.30. The Morgan fingerprint density at radius 2 is 2.00 bits per heavy atom. The second kappa shape index (κ2) is 7.00. The maximum absolute atomic E-state index is 12.4. The summed E-state index contributed by atoms with van der Waals surface area (Å²) in [5, 5.41) is 1.08. The van der Waals surface area contributed by atoms with Gasteiger partial charge in [-0.25, -0.2) is 4.98 Å². The van der Waals surface area contributed by atoms with Crippen LogP contribution in [0.1, 0.15) is 25.3 Å². The molecule has 1 aromatic heterocycles. The van der Waals surface area contributed by atoms with Crippen molar-refractivity contribution in [2.24, 2.45) is 5.92 Å². The van der Waals surface area contributed by atoms with Crippen LogP contribution in [0, 0.1) is 5.92 Å². The van der Waals surface area contributed by atoms with Gasteiger partial charge in [0.1, 0.15) is 10.1 Å². The second-order valence-corrected chi connectivity index (χ2v) is 8.68. The van der Waals surface area contributed by atoms with Crippen LogP contribution in [-0.2, 0) is 4.79 Å². The average molecular weight is 384 g/mol. The summed E-state index contributed by atoms with van der Waals surface area (Å²) in [5.74, 6) is 1.69. The van der Waals surface area contributed by atoms with Crippen molar-refractivity contribution < 1.29 is 4.79 Å². The average Bonchev–Trinajstić information content (AvgIpc) is 2.89. The van der Waals surface area contributed by atoms with E-state index in [0.717, 1.165) is 41.3 Å². The Hall–Kier alpha value is -1.92. The maximum atomic E-state index is 12.4. The first-order valence-corrected chi connectivity index (χ1v) is 10.1. The van der Waals surface area contributed by atoms with Crippen LogP contribution in [0.5, 0.6) is 0 Å². The maximum Gasteiger partial charge on any atom is 0.265 e. The molecule has 0 atom stereocenters. The third-order valence-electron chi connectivity index (χ3n) is 5.09. The van der Waals surface area contributed by atoms with Gasteiger partial charge in [0.25, 0.3) is 5.91 Å². The summed E-state index contributed by atoms with van der Waals surface area (Å²) < 4.78 is 0.600. The van der Waals surface area contributed by atoms with Crippen molar-refractivity contribution in [1.29, 1.82) is 0 Å². The number of nitrogens with zero attached hydrogens (tertiary/aromatic N) is 3. The predicted molar refractivity (Wildman–Crippen MR) is 113 cm³/mol. The SMILES string of the molecule is CC1CCN(c2nc3ccccc3cc2/C=C2\SC(=S)N(C)C2=O)CC1. The molecule has 26 heavy (non-hydrogen) atoms. The fraction of sp³-hybridized carbons (Fsp3) is 0.350. The van der Waals surface area contributed by atoms with Crippen LogP contribution >= 0.6 is 24.0 Å². The number of carbonyl (C=O) groups excluding carboxylic acids is 1. The lowest BCUT2D eigenvalue weighted by molar-refractivity contribution is -0.121. The molecule has 0 radical (unpaired) electrons. The molecule has 2 aliphatic heterocycles. The highest BCUT2D eigenvalue weighted by molar-refractivity contribution is 8.26. The van der Waals surface area contributed by atoms with E-state index in [2.05, 4.69) is 24.0 Å². The van der Waals surface area contributed by atoms with E-state index in [9.17, 15) is 4.79 Å². The Morgan fingerprint density at radius 1 is 1.27 bits per heavy atom. The minimum absolute atomic E-state index is 0.0358. The number of piperidine rings is 1. The first-order valence-electron chi connectivity index (χ1n) is 8.89. The number of fused-ring (bicyclic) bond motifs is 1.